The molecule has 38 heavy (non-hydrogen) atoms. The summed E-state index contributed by atoms with van der Waals surface area (Å²) in [6.07, 6.45) is 1.02. The number of carbonyl (C=O) groups is 1. The third-order valence-corrected chi connectivity index (χ3v) is 10.3. The molecular weight excluding hydrogens is 519 g/mol. The third kappa shape index (κ3) is 6.10. The second-order valence-electron chi connectivity index (χ2n) is 9.55. The summed E-state index contributed by atoms with van der Waals surface area (Å²) in [4.78, 5) is 14.6. The average Bonchev–Trinajstić information content (AvgIpc) is 2.92. The predicted octanol–water partition coefficient (Wildman–Crippen LogP) is 3.22. The molecule has 0 bridgehead atoms. The second kappa shape index (κ2) is 12.4. The predicted molar refractivity (Wildman–Crippen MR) is 154 cm³/mol. The molecule has 4 rings (SSSR count). The van der Waals surface area contributed by atoms with Crippen molar-refractivity contribution in [3.63, 3.8) is 0 Å². The van der Waals surface area contributed by atoms with Crippen molar-refractivity contribution >= 4 is 30.3 Å². The van der Waals surface area contributed by atoms with Gasteiger partial charge in [0.15, 0.2) is 14.6 Å². The fourth-order valence-electron chi connectivity index (χ4n) is 4.89. The highest BCUT2D eigenvalue weighted by Gasteiger charge is 2.51. The van der Waals surface area contributed by atoms with Crippen LogP contribution in [0, 0.1) is 0 Å². The Bertz CT molecular complexity index is 1350. The van der Waals surface area contributed by atoms with E-state index in [1.165, 1.54) is 17.7 Å². The minimum Gasteiger partial charge on any atom is -0.493 e. The molecule has 1 amide bonds. The monoisotopic (exact) mass is 554 g/mol. The van der Waals surface area contributed by atoms with Crippen molar-refractivity contribution in [2.45, 2.75) is 28.9 Å². The van der Waals surface area contributed by atoms with E-state index in [0.717, 1.165) is 16.4 Å². The number of ether oxygens (including phenoxy) is 2. The molecule has 1 saturated heterocycles. The number of sulfone groups is 1. The van der Waals surface area contributed by atoms with Gasteiger partial charge in [0.1, 0.15) is 5.75 Å². The van der Waals surface area contributed by atoms with E-state index in [1.807, 2.05) is 18.2 Å². The van der Waals surface area contributed by atoms with Crippen LogP contribution in [0.4, 0.5) is 0 Å². The molecule has 0 spiro atoms. The summed E-state index contributed by atoms with van der Waals surface area (Å²) in [7, 11) is 0.425. The number of amides is 1. The van der Waals surface area contributed by atoms with Gasteiger partial charge in [0.05, 0.1) is 18.1 Å². The van der Waals surface area contributed by atoms with E-state index in [0.29, 0.717) is 45.0 Å². The Labute approximate surface area is 227 Å². The van der Waals surface area contributed by atoms with Gasteiger partial charge in [-0.05, 0) is 59.1 Å². The van der Waals surface area contributed by atoms with Crippen molar-refractivity contribution in [3.8, 4) is 16.9 Å². The van der Waals surface area contributed by atoms with Crippen LogP contribution in [0.5, 0.6) is 5.75 Å². The lowest BCUT2D eigenvalue weighted by Crippen LogP contribution is -2.57. The van der Waals surface area contributed by atoms with E-state index in [9.17, 15) is 13.2 Å². The molecule has 1 unspecified atom stereocenters. The number of carbonyl (C=O) groups excluding carboxylic acids is 1. The molecule has 1 aliphatic rings. The van der Waals surface area contributed by atoms with E-state index < -0.39 is 20.5 Å². The minimum atomic E-state index is -3.97. The van der Waals surface area contributed by atoms with Gasteiger partial charge in [-0.25, -0.2) is 8.42 Å². The number of piperidine rings is 1. The summed E-state index contributed by atoms with van der Waals surface area (Å²) in [5, 5.41) is 1.14. The molecule has 9 heteroatoms. The van der Waals surface area contributed by atoms with Crippen LogP contribution in [0.2, 0.25) is 0 Å². The summed E-state index contributed by atoms with van der Waals surface area (Å²) < 4.78 is 36.5. The number of nitrogens with two attached hydrogens (primary N) is 1. The summed E-state index contributed by atoms with van der Waals surface area (Å²) in [6.45, 7) is 2.62. The smallest absolute Gasteiger partial charge is 0.239 e. The van der Waals surface area contributed by atoms with E-state index in [1.54, 1.807) is 19.2 Å². The van der Waals surface area contributed by atoms with Crippen LogP contribution >= 0.6 is 9.24 Å². The fraction of sp³-hybridized carbons (Fsp3) is 0.345. The highest BCUT2D eigenvalue weighted by Crippen LogP contribution is 2.36. The lowest BCUT2D eigenvalue weighted by molar-refractivity contribution is -0.121. The number of likely N-dealkylation sites (tertiary alicyclic amines) is 1. The Morgan fingerprint density at radius 3 is 2.37 bits per heavy atom. The molecule has 2 N–H and O–H groups in total. The van der Waals surface area contributed by atoms with Crippen molar-refractivity contribution < 1.29 is 22.7 Å². The molecule has 202 valence electrons. The molecule has 0 aliphatic carbocycles. The molecule has 1 atom stereocenters. The number of nitrogens with zero attached hydrogens (tertiary/aromatic N) is 1. The summed E-state index contributed by atoms with van der Waals surface area (Å²) >= 11 is 0. The molecule has 3 aromatic carbocycles. The van der Waals surface area contributed by atoms with Crippen molar-refractivity contribution in [3.05, 3.63) is 78.4 Å². The van der Waals surface area contributed by atoms with Crippen LogP contribution in [-0.4, -0.2) is 63.9 Å². The van der Waals surface area contributed by atoms with Crippen LogP contribution in [0.3, 0.4) is 0 Å². The number of rotatable bonds is 11. The Morgan fingerprint density at radius 2 is 1.71 bits per heavy atom. The van der Waals surface area contributed by atoms with Gasteiger partial charge < -0.3 is 20.1 Å². The van der Waals surface area contributed by atoms with Gasteiger partial charge in [-0.1, -0.05) is 48.5 Å². The minimum absolute atomic E-state index is 0.0813. The maximum absolute atomic E-state index is 13.6. The highest BCUT2D eigenvalue weighted by atomic mass is 32.2. The third-order valence-electron chi connectivity index (χ3n) is 7.23. The normalized spacial score (nSPS) is 15.7. The summed E-state index contributed by atoms with van der Waals surface area (Å²) in [5.41, 5.74) is 9.16. The first-order valence-electron chi connectivity index (χ1n) is 12.7. The first-order chi connectivity index (χ1) is 18.3. The molecule has 0 radical (unpaired) electrons. The van der Waals surface area contributed by atoms with Crippen molar-refractivity contribution in [1.82, 2.24) is 4.90 Å². The summed E-state index contributed by atoms with van der Waals surface area (Å²) in [6, 6.07) is 22.8. The topological polar surface area (TPSA) is 98.9 Å². The van der Waals surface area contributed by atoms with Crippen LogP contribution in [0.15, 0.2) is 77.7 Å². The van der Waals surface area contributed by atoms with Gasteiger partial charge in [0, 0.05) is 33.2 Å². The molecule has 7 nitrogen and oxygen atoms in total. The van der Waals surface area contributed by atoms with Crippen LogP contribution < -0.4 is 15.8 Å². The van der Waals surface area contributed by atoms with Gasteiger partial charge in [0.2, 0.25) is 5.91 Å². The number of hydrogen-bond donors (Lipinski definition) is 1. The van der Waals surface area contributed by atoms with E-state index in [4.69, 9.17) is 15.2 Å². The number of hydrogen-bond acceptors (Lipinski definition) is 6. The fourth-order valence-corrected chi connectivity index (χ4v) is 7.19. The molecule has 0 aromatic heterocycles. The zero-order valence-electron chi connectivity index (χ0n) is 21.6. The van der Waals surface area contributed by atoms with Gasteiger partial charge in [-0.3, -0.25) is 4.79 Å². The molecular formula is C29H35N2O5PS. The zero-order chi connectivity index (χ0) is 27.2. The first-order valence-corrected chi connectivity index (χ1v) is 14.8. The van der Waals surface area contributed by atoms with Crippen molar-refractivity contribution in [2.24, 2.45) is 5.73 Å². The van der Waals surface area contributed by atoms with Crippen molar-refractivity contribution in [2.75, 3.05) is 40.0 Å². The number of benzene rings is 3. The standard InChI is InChI=1S/C29H35N2O5PS/c1-35-20-18-31-16-14-29(15-17-31,28(30)32)38(33,34)25-11-9-24(10-12-25)36-19-13-22-5-4-6-23(21-22)26-7-2-3-8-27(26)37/h2-12,21H,13-20,37H2,1H3,(H2,30,32). The van der Waals surface area contributed by atoms with E-state index in [2.05, 4.69) is 44.5 Å². The molecule has 1 fully saturated rings. The summed E-state index contributed by atoms with van der Waals surface area (Å²) in [5.74, 6) is -0.228. The Balaban J connectivity index is 1.39. The largest absolute Gasteiger partial charge is 0.493 e. The molecule has 1 heterocycles. The quantitative estimate of drug-likeness (QED) is 0.366. The molecule has 3 aromatic rings. The molecule has 0 saturated carbocycles. The Hall–Kier alpha value is -2.77. The lowest BCUT2D eigenvalue weighted by atomic mass is 9.95. The zero-order valence-corrected chi connectivity index (χ0v) is 23.6. The van der Waals surface area contributed by atoms with Crippen LogP contribution in [0.1, 0.15) is 18.4 Å². The number of primary amides is 1. The lowest BCUT2D eigenvalue weighted by Gasteiger charge is -2.38. The van der Waals surface area contributed by atoms with Gasteiger partial charge in [0.25, 0.3) is 0 Å². The van der Waals surface area contributed by atoms with E-state index >= 15 is 0 Å². The number of methoxy groups -OCH3 is 1. The molecule has 1 aliphatic heterocycles. The maximum atomic E-state index is 13.6. The van der Waals surface area contributed by atoms with Gasteiger partial charge >= 0.3 is 0 Å². The average molecular weight is 555 g/mol. The van der Waals surface area contributed by atoms with Gasteiger partial charge in [-0.2, -0.15) is 0 Å². The highest BCUT2D eigenvalue weighted by molar-refractivity contribution is 7.93. The first kappa shape index (κ1) is 28.2. The van der Waals surface area contributed by atoms with Crippen LogP contribution in [-0.2, 0) is 25.8 Å². The maximum Gasteiger partial charge on any atom is 0.239 e. The Morgan fingerprint density at radius 1 is 1.00 bits per heavy atom. The SMILES string of the molecule is COCCN1CCC(C(N)=O)(S(=O)(=O)c2ccc(OCCc3cccc(-c4ccccc4P)c3)cc2)CC1. The van der Waals surface area contributed by atoms with Crippen molar-refractivity contribution in [1.29, 1.82) is 0 Å². The Kier molecular flexibility index (Phi) is 9.21. The second-order valence-corrected chi connectivity index (χ2v) is 12.4. The van der Waals surface area contributed by atoms with E-state index in [-0.39, 0.29) is 17.7 Å². The van der Waals surface area contributed by atoms with Gasteiger partial charge in [-0.15, -0.1) is 9.24 Å². The van der Waals surface area contributed by atoms with Crippen LogP contribution in [0.25, 0.3) is 11.1 Å².